The number of amides is 1. The fourth-order valence-corrected chi connectivity index (χ4v) is 3.65. The first kappa shape index (κ1) is 21.4. The van der Waals surface area contributed by atoms with Crippen LogP contribution in [0, 0.1) is 18.3 Å². The first-order valence-electron chi connectivity index (χ1n) is 9.93. The third-order valence-corrected chi connectivity index (χ3v) is 5.01. The van der Waals surface area contributed by atoms with Gasteiger partial charge in [0.05, 0.1) is 17.2 Å². The van der Waals surface area contributed by atoms with E-state index in [0.717, 1.165) is 16.8 Å². The van der Waals surface area contributed by atoms with Crippen LogP contribution in [0.1, 0.15) is 28.2 Å². The second-order valence-electron chi connectivity index (χ2n) is 7.15. The molecule has 0 aliphatic carbocycles. The van der Waals surface area contributed by atoms with E-state index in [2.05, 4.69) is 26.5 Å². The standard InChI is InChI=1S/C23H19ClN6O2/c1-14-10-17(12-19(24)27-14)20-21(16-5-2-4-15(11-16)13-25)29-30-8-6-18(28-22(20)30)23(32)26-7-3-9-31/h2,4-6,8,10-12,31H,3,7,9H2,1H3,(H,26,32). The van der Waals surface area contributed by atoms with E-state index >= 15 is 0 Å². The fraction of sp³-hybridized carbons (Fsp3) is 0.174. The second kappa shape index (κ2) is 9.14. The molecular formula is C23H19ClN6O2. The van der Waals surface area contributed by atoms with Crippen LogP contribution in [0.15, 0.2) is 48.7 Å². The Kier molecular flexibility index (Phi) is 6.12. The van der Waals surface area contributed by atoms with E-state index < -0.39 is 0 Å². The van der Waals surface area contributed by atoms with E-state index in [1.165, 1.54) is 0 Å². The van der Waals surface area contributed by atoms with Crippen LogP contribution < -0.4 is 5.32 Å². The van der Waals surface area contributed by atoms with Crippen LogP contribution in [0.5, 0.6) is 0 Å². The molecule has 0 aliphatic heterocycles. The molecule has 0 radical (unpaired) electrons. The van der Waals surface area contributed by atoms with E-state index in [1.807, 2.05) is 19.1 Å². The molecular weight excluding hydrogens is 428 g/mol. The van der Waals surface area contributed by atoms with Crippen LogP contribution in [0.3, 0.4) is 0 Å². The number of aliphatic hydroxyl groups is 1. The summed E-state index contributed by atoms with van der Waals surface area (Å²) in [4.78, 5) is 21.3. The molecule has 4 aromatic rings. The van der Waals surface area contributed by atoms with Gasteiger partial charge in [0.15, 0.2) is 5.65 Å². The van der Waals surface area contributed by atoms with Gasteiger partial charge in [0, 0.05) is 30.6 Å². The number of aryl methyl sites for hydroxylation is 1. The Morgan fingerprint density at radius 1 is 1.22 bits per heavy atom. The van der Waals surface area contributed by atoms with Crippen molar-refractivity contribution in [3.8, 4) is 28.5 Å². The van der Waals surface area contributed by atoms with Crippen molar-refractivity contribution in [2.45, 2.75) is 13.3 Å². The predicted octanol–water partition coefficient (Wildman–Crippen LogP) is 3.40. The minimum Gasteiger partial charge on any atom is -0.396 e. The van der Waals surface area contributed by atoms with Gasteiger partial charge in [0.1, 0.15) is 16.5 Å². The molecule has 0 saturated heterocycles. The molecule has 32 heavy (non-hydrogen) atoms. The van der Waals surface area contributed by atoms with Crippen molar-refractivity contribution in [1.82, 2.24) is 24.9 Å². The number of aliphatic hydroxyl groups excluding tert-OH is 1. The zero-order chi connectivity index (χ0) is 22.7. The molecule has 0 atom stereocenters. The van der Waals surface area contributed by atoms with Crippen molar-refractivity contribution in [2.24, 2.45) is 0 Å². The van der Waals surface area contributed by atoms with Crippen LogP contribution in [0.25, 0.3) is 28.0 Å². The summed E-state index contributed by atoms with van der Waals surface area (Å²) in [6.45, 7) is 2.18. The maximum Gasteiger partial charge on any atom is 0.270 e. The average Bonchev–Trinajstić information content (AvgIpc) is 3.17. The number of nitrogens with zero attached hydrogens (tertiary/aromatic N) is 5. The van der Waals surface area contributed by atoms with Crippen LogP contribution in [-0.4, -0.2) is 43.7 Å². The summed E-state index contributed by atoms with van der Waals surface area (Å²) in [5.74, 6) is -0.343. The van der Waals surface area contributed by atoms with Crippen molar-refractivity contribution in [2.75, 3.05) is 13.2 Å². The minimum absolute atomic E-state index is 0.00715. The summed E-state index contributed by atoms with van der Waals surface area (Å²) in [6.07, 6.45) is 2.13. The molecule has 160 valence electrons. The smallest absolute Gasteiger partial charge is 0.270 e. The van der Waals surface area contributed by atoms with Gasteiger partial charge in [-0.05, 0) is 49.2 Å². The Hall–Kier alpha value is -3.80. The zero-order valence-electron chi connectivity index (χ0n) is 17.2. The van der Waals surface area contributed by atoms with Gasteiger partial charge in [-0.1, -0.05) is 23.7 Å². The monoisotopic (exact) mass is 446 g/mol. The molecule has 0 saturated carbocycles. The number of nitriles is 1. The average molecular weight is 447 g/mol. The molecule has 0 bridgehead atoms. The van der Waals surface area contributed by atoms with Gasteiger partial charge in [0.25, 0.3) is 5.91 Å². The third-order valence-electron chi connectivity index (χ3n) is 4.81. The number of nitrogens with one attached hydrogen (secondary N) is 1. The number of halogens is 1. The highest BCUT2D eigenvalue weighted by atomic mass is 35.5. The molecule has 3 aromatic heterocycles. The van der Waals surface area contributed by atoms with Crippen LogP contribution in [0.4, 0.5) is 0 Å². The maximum absolute atomic E-state index is 12.5. The van der Waals surface area contributed by atoms with Crippen molar-refractivity contribution < 1.29 is 9.90 Å². The highest BCUT2D eigenvalue weighted by molar-refractivity contribution is 6.29. The number of aromatic nitrogens is 4. The molecule has 4 rings (SSSR count). The van der Waals surface area contributed by atoms with E-state index in [9.17, 15) is 10.1 Å². The van der Waals surface area contributed by atoms with Gasteiger partial charge in [-0.25, -0.2) is 14.5 Å². The molecule has 0 fully saturated rings. The Bertz CT molecular complexity index is 1340. The summed E-state index contributed by atoms with van der Waals surface area (Å²) >= 11 is 6.23. The lowest BCUT2D eigenvalue weighted by Gasteiger charge is -2.07. The molecule has 8 nitrogen and oxygen atoms in total. The van der Waals surface area contributed by atoms with Gasteiger partial charge in [-0.15, -0.1) is 0 Å². The lowest BCUT2D eigenvalue weighted by Crippen LogP contribution is -2.26. The summed E-state index contributed by atoms with van der Waals surface area (Å²) in [6, 6.07) is 14.5. The number of carbonyl (C=O) groups is 1. The second-order valence-corrected chi connectivity index (χ2v) is 7.54. The highest BCUT2D eigenvalue weighted by Gasteiger charge is 2.20. The van der Waals surface area contributed by atoms with Crippen molar-refractivity contribution in [1.29, 1.82) is 5.26 Å². The number of fused-ring (bicyclic) bond motifs is 1. The molecule has 3 heterocycles. The topological polar surface area (TPSA) is 116 Å². The number of hydrogen-bond donors (Lipinski definition) is 2. The van der Waals surface area contributed by atoms with Gasteiger partial charge in [-0.2, -0.15) is 10.4 Å². The SMILES string of the molecule is Cc1cc(-c2c(-c3cccc(C#N)c3)nn3ccc(C(=O)NCCCO)nc23)cc(Cl)n1. The van der Waals surface area contributed by atoms with Crippen molar-refractivity contribution in [3.63, 3.8) is 0 Å². The predicted molar refractivity (Wildman–Crippen MR) is 120 cm³/mol. The first-order valence-corrected chi connectivity index (χ1v) is 10.3. The van der Waals surface area contributed by atoms with Gasteiger partial charge < -0.3 is 10.4 Å². The molecule has 1 amide bonds. The van der Waals surface area contributed by atoms with Gasteiger partial charge in [-0.3, -0.25) is 4.79 Å². The fourth-order valence-electron chi connectivity index (χ4n) is 3.40. The lowest BCUT2D eigenvalue weighted by atomic mass is 10.00. The van der Waals surface area contributed by atoms with E-state index in [0.29, 0.717) is 40.6 Å². The molecule has 0 unspecified atom stereocenters. The first-order chi connectivity index (χ1) is 15.5. The van der Waals surface area contributed by atoms with E-state index in [-0.39, 0.29) is 18.2 Å². The number of pyridine rings is 1. The summed E-state index contributed by atoms with van der Waals surface area (Å²) in [7, 11) is 0. The third kappa shape index (κ3) is 4.30. The summed E-state index contributed by atoms with van der Waals surface area (Å²) < 4.78 is 1.60. The largest absolute Gasteiger partial charge is 0.396 e. The van der Waals surface area contributed by atoms with Crippen LogP contribution in [-0.2, 0) is 0 Å². The van der Waals surface area contributed by atoms with Gasteiger partial charge in [0.2, 0.25) is 0 Å². The molecule has 0 aliphatic rings. The Morgan fingerprint density at radius 3 is 2.81 bits per heavy atom. The molecule has 2 N–H and O–H groups in total. The molecule has 1 aromatic carbocycles. The normalized spacial score (nSPS) is 10.8. The Morgan fingerprint density at radius 2 is 2.06 bits per heavy atom. The van der Waals surface area contributed by atoms with Crippen molar-refractivity contribution in [3.05, 3.63) is 70.8 Å². The Labute approximate surface area is 189 Å². The van der Waals surface area contributed by atoms with Crippen LogP contribution in [0.2, 0.25) is 5.15 Å². The number of carbonyl (C=O) groups excluding carboxylic acids is 1. The van der Waals surface area contributed by atoms with Crippen molar-refractivity contribution >= 4 is 23.2 Å². The van der Waals surface area contributed by atoms with Crippen LogP contribution >= 0.6 is 11.6 Å². The number of benzene rings is 1. The molecule has 9 heteroatoms. The maximum atomic E-state index is 12.5. The minimum atomic E-state index is -0.343. The van der Waals surface area contributed by atoms with Gasteiger partial charge >= 0.3 is 0 Å². The highest BCUT2D eigenvalue weighted by Crippen LogP contribution is 2.35. The quantitative estimate of drug-likeness (QED) is 0.346. The number of hydrogen-bond acceptors (Lipinski definition) is 6. The molecule has 0 spiro atoms. The number of rotatable bonds is 6. The zero-order valence-corrected chi connectivity index (χ0v) is 18.0. The van der Waals surface area contributed by atoms with E-state index in [4.69, 9.17) is 16.7 Å². The van der Waals surface area contributed by atoms with E-state index in [1.54, 1.807) is 41.0 Å². The summed E-state index contributed by atoms with van der Waals surface area (Å²) in [5, 5.41) is 26.0. The summed E-state index contributed by atoms with van der Waals surface area (Å²) in [5.41, 5.74) is 4.70. The lowest BCUT2D eigenvalue weighted by molar-refractivity contribution is 0.0946. The Balaban J connectivity index is 1.93.